The molecule has 0 spiro atoms. The third kappa shape index (κ3) is 6.34. The molecule has 0 aliphatic rings. The molecule has 0 aliphatic carbocycles. The highest BCUT2D eigenvalue weighted by Gasteiger charge is 2.30. The van der Waals surface area contributed by atoms with Crippen molar-refractivity contribution in [2.24, 2.45) is 0 Å². The normalized spacial score (nSPS) is 12.2. The van der Waals surface area contributed by atoms with Crippen LogP contribution in [0.1, 0.15) is 57.9 Å². The molecule has 0 fully saturated rings. The van der Waals surface area contributed by atoms with Crippen LogP contribution in [0.5, 0.6) is 0 Å². The largest absolute Gasteiger partial charge is 0.416 e. The van der Waals surface area contributed by atoms with Crippen molar-refractivity contribution >= 4 is 11.8 Å². The van der Waals surface area contributed by atoms with Gasteiger partial charge in [-0.15, -0.1) is 0 Å². The standard InChI is InChI=1S/C25H25F3N4O3/c1-4-15(2)30-23(34)18-8-5-7-17(12-18)14-29-24(35)22-21(33)11-16(3)32(31-22)20-10-6-9-19(13-20)25(26,27)28/h5-13,15H,4,14H2,1-3H3,(H,29,35)(H,30,34)/t15-/m1/s1. The Balaban J connectivity index is 1.81. The maximum atomic E-state index is 13.1. The summed E-state index contributed by atoms with van der Waals surface area (Å²) < 4.78 is 40.4. The van der Waals surface area contributed by atoms with E-state index in [1.165, 1.54) is 19.1 Å². The van der Waals surface area contributed by atoms with Crippen LogP contribution in [0.4, 0.5) is 13.2 Å². The fraction of sp³-hybridized carbons (Fsp3) is 0.280. The minimum atomic E-state index is -4.55. The molecule has 1 aromatic heterocycles. The summed E-state index contributed by atoms with van der Waals surface area (Å²) in [6, 6.07) is 12.3. The van der Waals surface area contributed by atoms with E-state index in [1.807, 2.05) is 13.8 Å². The van der Waals surface area contributed by atoms with E-state index in [9.17, 15) is 27.6 Å². The van der Waals surface area contributed by atoms with E-state index in [1.54, 1.807) is 24.3 Å². The molecule has 0 saturated carbocycles. The van der Waals surface area contributed by atoms with E-state index >= 15 is 0 Å². The number of benzene rings is 2. The molecule has 2 N–H and O–H groups in total. The smallest absolute Gasteiger partial charge is 0.350 e. The summed E-state index contributed by atoms with van der Waals surface area (Å²) >= 11 is 0. The van der Waals surface area contributed by atoms with Crippen LogP contribution in [0.25, 0.3) is 5.69 Å². The van der Waals surface area contributed by atoms with Gasteiger partial charge in [-0.05, 0) is 56.2 Å². The molecule has 184 valence electrons. The molecule has 0 aliphatic heterocycles. The number of carbonyl (C=O) groups excluding carboxylic acids is 2. The summed E-state index contributed by atoms with van der Waals surface area (Å²) in [6.07, 6.45) is -3.77. The lowest BCUT2D eigenvalue weighted by molar-refractivity contribution is -0.137. The SMILES string of the molecule is CC[C@@H](C)NC(=O)c1cccc(CNC(=O)c2nn(-c3cccc(C(F)(F)F)c3)c(C)cc2=O)c1. The van der Waals surface area contributed by atoms with Crippen molar-refractivity contribution < 1.29 is 22.8 Å². The highest BCUT2D eigenvalue weighted by Crippen LogP contribution is 2.30. The lowest BCUT2D eigenvalue weighted by atomic mass is 10.1. The van der Waals surface area contributed by atoms with Gasteiger partial charge in [-0.2, -0.15) is 18.3 Å². The number of hydrogen-bond acceptors (Lipinski definition) is 4. The second-order valence-corrected chi connectivity index (χ2v) is 8.12. The van der Waals surface area contributed by atoms with Crippen LogP contribution >= 0.6 is 0 Å². The number of nitrogens with one attached hydrogen (secondary N) is 2. The predicted molar refractivity (Wildman–Crippen MR) is 124 cm³/mol. The molecule has 1 atom stereocenters. The van der Waals surface area contributed by atoms with Crippen molar-refractivity contribution in [1.29, 1.82) is 0 Å². The predicted octanol–water partition coefficient (Wildman–Crippen LogP) is 4.02. The molecule has 7 nitrogen and oxygen atoms in total. The first-order valence-corrected chi connectivity index (χ1v) is 11.0. The highest BCUT2D eigenvalue weighted by atomic mass is 19.4. The fourth-order valence-electron chi connectivity index (χ4n) is 3.28. The summed E-state index contributed by atoms with van der Waals surface area (Å²) in [4.78, 5) is 37.5. The Morgan fingerprint density at radius 1 is 1.06 bits per heavy atom. The van der Waals surface area contributed by atoms with Crippen LogP contribution < -0.4 is 16.1 Å². The maximum Gasteiger partial charge on any atom is 0.416 e. The minimum absolute atomic E-state index is 0.0115. The molecule has 2 amide bonds. The number of hydrogen-bond donors (Lipinski definition) is 2. The van der Waals surface area contributed by atoms with Gasteiger partial charge in [0.05, 0.1) is 11.3 Å². The Bertz CT molecular complexity index is 1300. The van der Waals surface area contributed by atoms with Gasteiger partial charge in [0, 0.05) is 29.9 Å². The third-order valence-corrected chi connectivity index (χ3v) is 5.37. The summed E-state index contributed by atoms with van der Waals surface area (Å²) in [5.41, 5.74) is -0.614. The van der Waals surface area contributed by atoms with Crippen LogP contribution in [0, 0.1) is 6.92 Å². The van der Waals surface area contributed by atoms with Crippen molar-refractivity contribution in [3.8, 4) is 5.69 Å². The van der Waals surface area contributed by atoms with Crippen molar-refractivity contribution in [3.05, 3.63) is 92.9 Å². The van der Waals surface area contributed by atoms with Crippen molar-refractivity contribution in [2.75, 3.05) is 0 Å². The molecule has 0 unspecified atom stereocenters. The van der Waals surface area contributed by atoms with E-state index in [0.717, 1.165) is 29.3 Å². The molecular formula is C25H25F3N4O3. The number of halogens is 3. The maximum absolute atomic E-state index is 13.1. The number of aryl methyl sites for hydroxylation is 1. The van der Waals surface area contributed by atoms with Gasteiger partial charge in [0.1, 0.15) is 0 Å². The summed E-state index contributed by atoms with van der Waals surface area (Å²) in [5.74, 6) is -1.03. The van der Waals surface area contributed by atoms with Crippen LogP contribution in [0.15, 0.2) is 59.4 Å². The average Bonchev–Trinajstić information content (AvgIpc) is 2.82. The first-order valence-electron chi connectivity index (χ1n) is 11.0. The number of alkyl halides is 3. The summed E-state index contributed by atoms with van der Waals surface area (Å²) in [6.45, 7) is 5.37. The topological polar surface area (TPSA) is 93.1 Å². The van der Waals surface area contributed by atoms with Crippen LogP contribution in [-0.4, -0.2) is 27.6 Å². The Hall–Kier alpha value is -3.95. The van der Waals surface area contributed by atoms with E-state index in [-0.39, 0.29) is 29.9 Å². The third-order valence-electron chi connectivity index (χ3n) is 5.37. The van der Waals surface area contributed by atoms with Crippen molar-refractivity contribution in [1.82, 2.24) is 20.4 Å². The quantitative estimate of drug-likeness (QED) is 0.528. The van der Waals surface area contributed by atoms with Crippen molar-refractivity contribution in [2.45, 2.75) is 46.0 Å². The summed E-state index contributed by atoms with van der Waals surface area (Å²) in [7, 11) is 0. The Morgan fingerprint density at radius 2 is 1.77 bits per heavy atom. The first-order chi connectivity index (χ1) is 16.5. The van der Waals surface area contributed by atoms with Crippen molar-refractivity contribution in [3.63, 3.8) is 0 Å². The molecule has 0 bridgehead atoms. The Morgan fingerprint density at radius 3 is 2.46 bits per heavy atom. The monoisotopic (exact) mass is 486 g/mol. The van der Waals surface area contributed by atoms with Crippen LogP contribution in [-0.2, 0) is 12.7 Å². The second-order valence-electron chi connectivity index (χ2n) is 8.12. The Labute approximate surface area is 200 Å². The van der Waals surface area contributed by atoms with Gasteiger partial charge in [0.15, 0.2) is 5.69 Å². The number of carbonyl (C=O) groups is 2. The van der Waals surface area contributed by atoms with Gasteiger partial charge in [0.25, 0.3) is 11.8 Å². The number of rotatable bonds is 7. The number of nitrogens with zero attached hydrogens (tertiary/aromatic N) is 2. The molecule has 0 saturated heterocycles. The van der Waals surface area contributed by atoms with Crippen LogP contribution in [0.3, 0.4) is 0 Å². The fourth-order valence-corrected chi connectivity index (χ4v) is 3.28. The molecule has 3 aromatic rings. The zero-order valence-electron chi connectivity index (χ0n) is 19.4. The zero-order valence-corrected chi connectivity index (χ0v) is 19.4. The van der Waals surface area contributed by atoms with Gasteiger partial charge >= 0.3 is 6.18 Å². The van der Waals surface area contributed by atoms with E-state index < -0.39 is 28.8 Å². The Kier molecular flexibility index (Phi) is 7.73. The van der Waals surface area contributed by atoms with Gasteiger partial charge in [0.2, 0.25) is 5.43 Å². The number of aromatic nitrogens is 2. The molecule has 0 radical (unpaired) electrons. The lowest BCUT2D eigenvalue weighted by Gasteiger charge is -2.14. The zero-order chi connectivity index (χ0) is 25.8. The highest BCUT2D eigenvalue weighted by molar-refractivity contribution is 5.94. The molecule has 3 rings (SSSR count). The van der Waals surface area contributed by atoms with Crippen LogP contribution in [0.2, 0.25) is 0 Å². The van der Waals surface area contributed by atoms with Gasteiger partial charge < -0.3 is 10.6 Å². The molecule has 2 aromatic carbocycles. The molecule has 35 heavy (non-hydrogen) atoms. The van der Waals surface area contributed by atoms with E-state index in [0.29, 0.717) is 11.1 Å². The molecule has 1 heterocycles. The van der Waals surface area contributed by atoms with E-state index in [2.05, 4.69) is 15.7 Å². The lowest BCUT2D eigenvalue weighted by Crippen LogP contribution is -2.32. The van der Waals surface area contributed by atoms with Gasteiger partial charge in [-0.3, -0.25) is 14.4 Å². The molecule has 10 heteroatoms. The van der Waals surface area contributed by atoms with E-state index in [4.69, 9.17) is 0 Å². The number of amides is 2. The summed E-state index contributed by atoms with van der Waals surface area (Å²) in [5, 5.41) is 9.47. The molecular weight excluding hydrogens is 461 g/mol. The second kappa shape index (κ2) is 10.5. The first kappa shape index (κ1) is 25.7. The van der Waals surface area contributed by atoms with Gasteiger partial charge in [-0.25, -0.2) is 4.68 Å². The van der Waals surface area contributed by atoms with Gasteiger partial charge in [-0.1, -0.05) is 25.1 Å². The minimum Gasteiger partial charge on any atom is -0.350 e. The average molecular weight is 486 g/mol.